The Bertz CT molecular complexity index is 447. The molecule has 1 N–H and O–H groups in total. The fraction of sp³-hybridized carbons (Fsp3) is 0.500. The summed E-state index contributed by atoms with van der Waals surface area (Å²) in [6.07, 6.45) is 1.40. The van der Waals surface area contributed by atoms with Crippen LogP contribution in [0.5, 0.6) is 0 Å². The molecule has 5 heteroatoms. The van der Waals surface area contributed by atoms with Gasteiger partial charge in [-0.2, -0.15) is 0 Å². The molecule has 0 heterocycles. The average Bonchev–Trinajstić information content (AvgIpc) is 2.51. The molecule has 0 fully saturated rings. The van der Waals surface area contributed by atoms with E-state index in [1.54, 1.807) is 6.92 Å². The fourth-order valence-electron chi connectivity index (χ4n) is 2.07. The van der Waals surface area contributed by atoms with Crippen LogP contribution in [0.15, 0.2) is 30.3 Å². The van der Waals surface area contributed by atoms with E-state index in [1.165, 1.54) is 7.11 Å². The summed E-state index contributed by atoms with van der Waals surface area (Å²) in [5, 5.41) is 3.06. The lowest BCUT2D eigenvalue weighted by Crippen LogP contribution is -2.43. The second kappa shape index (κ2) is 9.13. The monoisotopic (exact) mass is 293 g/mol. The van der Waals surface area contributed by atoms with Crippen molar-refractivity contribution in [1.29, 1.82) is 0 Å². The van der Waals surface area contributed by atoms with Gasteiger partial charge >= 0.3 is 11.9 Å². The van der Waals surface area contributed by atoms with Crippen LogP contribution < -0.4 is 5.32 Å². The maximum absolute atomic E-state index is 12.0. The Kier molecular flexibility index (Phi) is 7.46. The Morgan fingerprint density at radius 2 is 1.81 bits per heavy atom. The first kappa shape index (κ1) is 17.2. The molecule has 0 aliphatic carbocycles. The third-order valence-corrected chi connectivity index (χ3v) is 3.09. The topological polar surface area (TPSA) is 64.6 Å². The summed E-state index contributed by atoms with van der Waals surface area (Å²) < 4.78 is 9.89. The third kappa shape index (κ3) is 5.19. The summed E-state index contributed by atoms with van der Waals surface area (Å²) in [6.45, 7) is 4.05. The highest BCUT2D eigenvalue weighted by molar-refractivity contribution is 5.80. The van der Waals surface area contributed by atoms with E-state index in [1.807, 2.05) is 37.3 Å². The summed E-state index contributed by atoms with van der Waals surface area (Å²) in [4.78, 5) is 24.0. The summed E-state index contributed by atoms with van der Waals surface area (Å²) in [5.41, 5.74) is 0.759. The SMILES string of the molecule is CCCC(NC(C(=O)OC)c1ccccc1)C(=O)OCC. The van der Waals surface area contributed by atoms with Crippen molar-refractivity contribution in [1.82, 2.24) is 5.32 Å². The molecular weight excluding hydrogens is 270 g/mol. The van der Waals surface area contributed by atoms with Crippen molar-refractivity contribution in [2.45, 2.75) is 38.8 Å². The van der Waals surface area contributed by atoms with Gasteiger partial charge in [-0.05, 0) is 18.9 Å². The van der Waals surface area contributed by atoms with E-state index in [0.29, 0.717) is 13.0 Å². The molecule has 0 saturated carbocycles. The van der Waals surface area contributed by atoms with E-state index in [9.17, 15) is 9.59 Å². The smallest absolute Gasteiger partial charge is 0.327 e. The van der Waals surface area contributed by atoms with Crippen molar-refractivity contribution < 1.29 is 19.1 Å². The molecule has 0 radical (unpaired) electrons. The van der Waals surface area contributed by atoms with Gasteiger partial charge in [0.2, 0.25) is 0 Å². The zero-order valence-electron chi connectivity index (χ0n) is 12.8. The van der Waals surface area contributed by atoms with Crippen LogP contribution in [-0.4, -0.2) is 31.7 Å². The van der Waals surface area contributed by atoms with E-state index in [2.05, 4.69) is 5.32 Å². The first-order valence-corrected chi connectivity index (χ1v) is 7.19. The van der Waals surface area contributed by atoms with Crippen LogP contribution in [0.4, 0.5) is 0 Å². The van der Waals surface area contributed by atoms with E-state index in [4.69, 9.17) is 9.47 Å². The number of nitrogens with one attached hydrogen (secondary N) is 1. The minimum absolute atomic E-state index is 0.314. The molecule has 1 rings (SSSR count). The van der Waals surface area contributed by atoms with Gasteiger partial charge in [0.05, 0.1) is 13.7 Å². The minimum Gasteiger partial charge on any atom is -0.468 e. The van der Waals surface area contributed by atoms with Crippen LogP contribution in [0, 0.1) is 0 Å². The quantitative estimate of drug-likeness (QED) is 0.745. The van der Waals surface area contributed by atoms with Gasteiger partial charge in [0.15, 0.2) is 0 Å². The molecule has 21 heavy (non-hydrogen) atoms. The Morgan fingerprint density at radius 3 is 2.33 bits per heavy atom. The van der Waals surface area contributed by atoms with Crippen molar-refractivity contribution in [3.63, 3.8) is 0 Å². The molecule has 2 unspecified atom stereocenters. The van der Waals surface area contributed by atoms with Gasteiger partial charge in [-0.15, -0.1) is 0 Å². The van der Waals surface area contributed by atoms with Crippen LogP contribution in [0.1, 0.15) is 38.3 Å². The van der Waals surface area contributed by atoms with E-state index in [0.717, 1.165) is 12.0 Å². The van der Waals surface area contributed by atoms with Crippen LogP contribution >= 0.6 is 0 Å². The maximum Gasteiger partial charge on any atom is 0.327 e. The Balaban J connectivity index is 2.92. The lowest BCUT2D eigenvalue weighted by Gasteiger charge is -2.23. The maximum atomic E-state index is 12.0. The highest BCUT2D eigenvalue weighted by atomic mass is 16.5. The van der Waals surface area contributed by atoms with Crippen molar-refractivity contribution >= 4 is 11.9 Å². The molecular formula is C16H23NO4. The highest BCUT2D eigenvalue weighted by Crippen LogP contribution is 2.16. The van der Waals surface area contributed by atoms with E-state index >= 15 is 0 Å². The van der Waals surface area contributed by atoms with Crippen LogP contribution in [-0.2, 0) is 19.1 Å². The number of benzene rings is 1. The van der Waals surface area contributed by atoms with E-state index in [-0.39, 0.29) is 5.97 Å². The molecule has 0 spiro atoms. The zero-order chi connectivity index (χ0) is 15.7. The number of ether oxygens (including phenoxy) is 2. The number of methoxy groups -OCH3 is 1. The van der Waals surface area contributed by atoms with Gasteiger partial charge in [-0.1, -0.05) is 43.7 Å². The average molecular weight is 293 g/mol. The van der Waals surface area contributed by atoms with Gasteiger partial charge in [-0.25, -0.2) is 4.79 Å². The zero-order valence-corrected chi connectivity index (χ0v) is 12.8. The molecule has 0 aliphatic rings. The standard InChI is InChI=1S/C16H23NO4/c1-4-9-13(15(18)21-5-2)17-14(16(19)20-3)12-10-7-6-8-11-12/h6-8,10-11,13-14,17H,4-5,9H2,1-3H3. The molecule has 0 saturated heterocycles. The first-order chi connectivity index (χ1) is 10.1. The Labute approximate surface area is 125 Å². The molecule has 0 aliphatic heterocycles. The molecule has 0 amide bonds. The lowest BCUT2D eigenvalue weighted by atomic mass is 10.0. The van der Waals surface area contributed by atoms with Crippen molar-refractivity contribution in [3.8, 4) is 0 Å². The van der Waals surface area contributed by atoms with Crippen molar-refractivity contribution in [3.05, 3.63) is 35.9 Å². The van der Waals surface area contributed by atoms with Crippen LogP contribution in [0.3, 0.4) is 0 Å². The predicted molar refractivity (Wildman–Crippen MR) is 79.7 cm³/mol. The number of hydrogen-bond donors (Lipinski definition) is 1. The van der Waals surface area contributed by atoms with Crippen LogP contribution in [0.2, 0.25) is 0 Å². The number of hydrogen-bond acceptors (Lipinski definition) is 5. The third-order valence-electron chi connectivity index (χ3n) is 3.09. The lowest BCUT2D eigenvalue weighted by molar-refractivity contribution is -0.148. The van der Waals surface area contributed by atoms with Gasteiger partial charge in [0.1, 0.15) is 12.1 Å². The number of carbonyl (C=O) groups is 2. The van der Waals surface area contributed by atoms with Gasteiger partial charge < -0.3 is 9.47 Å². The summed E-state index contributed by atoms with van der Waals surface area (Å²) in [7, 11) is 1.33. The predicted octanol–water partition coefficient (Wildman–Crippen LogP) is 2.22. The van der Waals surface area contributed by atoms with Gasteiger partial charge in [0.25, 0.3) is 0 Å². The number of rotatable bonds is 8. The summed E-state index contributed by atoms with van der Waals surface area (Å²) >= 11 is 0. The van der Waals surface area contributed by atoms with Crippen molar-refractivity contribution in [2.24, 2.45) is 0 Å². The molecule has 1 aromatic rings. The number of carbonyl (C=O) groups excluding carboxylic acids is 2. The van der Waals surface area contributed by atoms with Crippen molar-refractivity contribution in [2.75, 3.05) is 13.7 Å². The Hall–Kier alpha value is -1.88. The van der Waals surface area contributed by atoms with E-state index < -0.39 is 18.1 Å². The number of esters is 2. The molecule has 1 aromatic carbocycles. The normalized spacial score (nSPS) is 13.3. The molecule has 116 valence electrons. The molecule has 0 aromatic heterocycles. The fourth-order valence-corrected chi connectivity index (χ4v) is 2.07. The van der Waals surface area contributed by atoms with Gasteiger partial charge in [-0.3, -0.25) is 10.1 Å². The molecule has 2 atom stereocenters. The summed E-state index contributed by atoms with van der Waals surface area (Å²) in [6, 6.07) is 7.98. The summed E-state index contributed by atoms with van der Waals surface area (Å²) in [5.74, 6) is -0.768. The first-order valence-electron chi connectivity index (χ1n) is 7.19. The molecule has 5 nitrogen and oxygen atoms in total. The largest absolute Gasteiger partial charge is 0.468 e. The van der Waals surface area contributed by atoms with Gasteiger partial charge in [0, 0.05) is 0 Å². The minimum atomic E-state index is -0.683. The highest BCUT2D eigenvalue weighted by Gasteiger charge is 2.28. The molecule has 0 bridgehead atoms. The second-order valence-corrected chi connectivity index (χ2v) is 4.63. The Morgan fingerprint density at radius 1 is 1.14 bits per heavy atom. The van der Waals surface area contributed by atoms with Crippen LogP contribution in [0.25, 0.3) is 0 Å². The second-order valence-electron chi connectivity index (χ2n) is 4.63.